The van der Waals surface area contributed by atoms with Gasteiger partial charge in [0.25, 0.3) is 0 Å². The number of hydrogen-bond acceptors (Lipinski definition) is 4. The van der Waals surface area contributed by atoms with Gasteiger partial charge >= 0.3 is 0 Å². The average molecular weight is 386 g/mol. The van der Waals surface area contributed by atoms with Gasteiger partial charge in [-0.1, -0.05) is 18.2 Å². The molecule has 154 valence electrons. The Morgan fingerprint density at radius 3 is 2.32 bits per heavy atom. The minimum absolute atomic E-state index is 0.233. The minimum atomic E-state index is 0.233. The highest BCUT2D eigenvalue weighted by Crippen LogP contribution is 2.30. The lowest BCUT2D eigenvalue weighted by Gasteiger charge is -2.45. The van der Waals surface area contributed by atoms with Crippen LogP contribution in [0, 0.1) is 0 Å². The number of para-hydroxylation sites is 1. The molecule has 4 rings (SSSR count). The van der Waals surface area contributed by atoms with Crippen molar-refractivity contribution in [1.82, 2.24) is 15.1 Å². The van der Waals surface area contributed by atoms with Crippen LogP contribution in [0.3, 0.4) is 0 Å². The Labute approximate surface area is 169 Å². The Morgan fingerprint density at radius 1 is 1.00 bits per heavy atom. The fourth-order valence-corrected chi connectivity index (χ4v) is 4.94. The van der Waals surface area contributed by atoms with E-state index >= 15 is 0 Å². The fourth-order valence-electron chi connectivity index (χ4n) is 4.94. The summed E-state index contributed by atoms with van der Waals surface area (Å²) in [5, 5.41) is 3.74. The third-order valence-corrected chi connectivity index (χ3v) is 6.69. The van der Waals surface area contributed by atoms with Crippen LogP contribution in [0.2, 0.25) is 0 Å². The maximum absolute atomic E-state index is 5.69. The van der Waals surface area contributed by atoms with E-state index in [1.165, 1.54) is 31.6 Å². The zero-order chi connectivity index (χ0) is 19.2. The highest BCUT2D eigenvalue weighted by atomic mass is 16.5. The lowest BCUT2D eigenvalue weighted by atomic mass is 9.88. The van der Waals surface area contributed by atoms with Crippen LogP contribution in [-0.2, 0) is 4.74 Å². The fraction of sp³-hybridized carbons (Fsp3) is 0.682. The molecule has 3 aliphatic heterocycles. The van der Waals surface area contributed by atoms with Gasteiger partial charge in [0.2, 0.25) is 0 Å². The molecule has 0 aromatic heterocycles. The number of ether oxygens (including phenoxy) is 1. The van der Waals surface area contributed by atoms with Crippen molar-refractivity contribution in [2.75, 3.05) is 71.0 Å². The summed E-state index contributed by atoms with van der Waals surface area (Å²) in [7, 11) is 1.92. The Bertz CT molecular complexity index is 630. The SMILES string of the molecule is CN=C(NCC1(N2CCCC2)CCOCC1)N1CCN(c2ccccc2)CC1. The average Bonchev–Trinajstić information content (AvgIpc) is 3.32. The second-order valence-electron chi connectivity index (χ2n) is 8.24. The first-order chi connectivity index (χ1) is 13.8. The molecule has 1 aromatic carbocycles. The summed E-state index contributed by atoms with van der Waals surface area (Å²) in [6, 6.07) is 10.7. The zero-order valence-electron chi connectivity index (χ0n) is 17.3. The Morgan fingerprint density at radius 2 is 1.68 bits per heavy atom. The Kier molecular flexibility index (Phi) is 6.37. The third-order valence-electron chi connectivity index (χ3n) is 6.69. The van der Waals surface area contributed by atoms with Gasteiger partial charge in [-0.05, 0) is 50.9 Å². The van der Waals surface area contributed by atoms with Gasteiger partial charge in [0, 0.05) is 64.2 Å². The summed E-state index contributed by atoms with van der Waals surface area (Å²) in [4.78, 5) is 12.2. The van der Waals surface area contributed by atoms with E-state index in [1.807, 2.05) is 7.05 Å². The summed E-state index contributed by atoms with van der Waals surface area (Å²) >= 11 is 0. The maximum Gasteiger partial charge on any atom is 0.193 e. The van der Waals surface area contributed by atoms with Crippen molar-refractivity contribution in [3.8, 4) is 0 Å². The number of likely N-dealkylation sites (tertiary alicyclic amines) is 1. The molecule has 3 fully saturated rings. The molecule has 0 aliphatic carbocycles. The molecule has 6 nitrogen and oxygen atoms in total. The van der Waals surface area contributed by atoms with Crippen LogP contribution in [0.4, 0.5) is 5.69 Å². The van der Waals surface area contributed by atoms with Crippen molar-refractivity contribution in [2.45, 2.75) is 31.2 Å². The number of rotatable bonds is 4. The predicted octanol–water partition coefficient (Wildman–Crippen LogP) is 2.03. The molecule has 0 amide bonds. The summed E-state index contributed by atoms with van der Waals surface area (Å²) in [6.07, 6.45) is 4.91. The number of benzene rings is 1. The smallest absolute Gasteiger partial charge is 0.193 e. The molecule has 3 saturated heterocycles. The van der Waals surface area contributed by atoms with Crippen molar-refractivity contribution in [3.63, 3.8) is 0 Å². The van der Waals surface area contributed by atoms with Crippen molar-refractivity contribution in [1.29, 1.82) is 0 Å². The number of nitrogens with zero attached hydrogens (tertiary/aromatic N) is 4. The zero-order valence-corrected chi connectivity index (χ0v) is 17.3. The second-order valence-corrected chi connectivity index (χ2v) is 8.24. The van der Waals surface area contributed by atoms with E-state index in [0.29, 0.717) is 0 Å². The van der Waals surface area contributed by atoms with Gasteiger partial charge in [-0.2, -0.15) is 0 Å². The van der Waals surface area contributed by atoms with Gasteiger partial charge in [-0.25, -0.2) is 0 Å². The molecule has 6 heteroatoms. The highest BCUT2D eigenvalue weighted by molar-refractivity contribution is 5.80. The van der Waals surface area contributed by atoms with Gasteiger partial charge in [-0.3, -0.25) is 9.89 Å². The number of guanidine groups is 1. The first-order valence-corrected chi connectivity index (χ1v) is 10.9. The van der Waals surface area contributed by atoms with E-state index in [2.05, 4.69) is 55.3 Å². The summed E-state index contributed by atoms with van der Waals surface area (Å²) < 4.78 is 5.69. The van der Waals surface area contributed by atoms with E-state index in [4.69, 9.17) is 4.74 Å². The van der Waals surface area contributed by atoms with Crippen LogP contribution < -0.4 is 10.2 Å². The lowest BCUT2D eigenvalue weighted by molar-refractivity contribution is -0.0166. The van der Waals surface area contributed by atoms with Crippen LogP contribution >= 0.6 is 0 Å². The molecule has 1 N–H and O–H groups in total. The van der Waals surface area contributed by atoms with Crippen LogP contribution in [0.15, 0.2) is 35.3 Å². The molecule has 0 bridgehead atoms. The van der Waals surface area contributed by atoms with Crippen LogP contribution in [0.25, 0.3) is 0 Å². The van der Waals surface area contributed by atoms with E-state index in [-0.39, 0.29) is 5.54 Å². The summed E-state index contributed by atoms with van der Waals surface area (Å²) in [6.45, 7) is 9.29. The molecular formula is C22H35N5O. The van der Waals surface area contributed by atoms with Crippen molar-refractivity contribution in [3.05, 3.63) is 30.3 Å². The molecule has 3 aliphatic rings. The molecule has 0 spiro atoms. The molecule has 0 unspecified atom stereocenters. The molecule has 0 atom stereocenters. The molecule has 3 heterocycles. The van der Waals surface area contributed by atoms with E-state index in [1.54, 1.807) is 0 Å². The third kappa shape index (κ3) is 4.28. The Hall–Kier alpha value is -1.79. The largest absolute Gasteiger partial charge is 0.381 e. The lowest BCUT2D eigenvalue weighted by Crippen LogP contribution is -2.60. The summed E-state index contributed by atoms with van der Waals surface area (Å²) in [5.41, 5.74) is 1.55. The monoisotopic (exact) mass is 385 g/mol. The topological polar surface area (TPSA) is 43.3 Å². The van der Waals surface area contributed by atoms with E-state index in [9.17, 15) is 0 Å². The molecule has 28 heavy (non-hydrogen) atoms. The number of piperazine rings is 1. The first kappa shape index (κ1) is 19.5. The molecule has 1 aromatic rings. The van der Waals surface area contributed by atoms with Crippen LogP contribution in [0.5, 0.6) is 0 Å². The maximum atomic E-state index is 5.69. The second kappa shape index (κ2) is 9.14. The number of hydrogen-bond donors (Lipinski definition) is 1. The predicted molar refractivity (Wildman–Crippen MR) is 115 cm³/mol. The summed E-state index contributed by atoms with van der Waals surface area (Å²) in [5.74, 6) is 1.05. The number of nitrogens with one attached hydrogen (secondary N) is 1. The quantitative estimate of drug-likeness (QED) is 0.635. The minimum Gasteiger partial charge on any atom is -0.381 e. The van der Waals surface area contributed by atoms with Crippen LogP contribution in [0.1, 0.15) is 25.7 Å². The van der Waals surface area contributed by atoms with Gasteiger partial charge < -0.3 is 19.9 Å². The number of aliphatic imine (C=N–C) groups is 1. The normalized spacial score (nSPS) is 23.8. The van der Waals surface area contributed by atoms with Crippen molar-refractivity contribution in [2.24, 2.45) is 4.99 Å². The molecular weight excluding hydrogens is 350 g/mol. The van der Waals surface area contributed by atoms with E-state index in [0.717, 1.165) is 64.7 Å². The van der Waals surface area contributed by atoms with Gasteiger partial charge in [0.05, 0.1) is 0 Å². The van der Waals surface area contributed by atoms with Crippen LogP contribution in [-0.4, -0.2) is 87.4 Å². The Balaban J connectivity index is 1.34. The molecule has 0 saturated carbocycles. The van der Waals surface area contributed by atoms with E-state index < -0.39 is 0 Å². The first-order valence-electron chi connectivity index (χ1n) is 10.9. The van der Waals surface area contributed by atoms with Crippen molar-refractivity contribution < 1.29 is 4.74 Å². The number of anilines is 1. The van der Waals surface area contributed by atoms with Gasteiger partial charge in [0.15, 0.2) is 5.96 Å². The standard InChI is InChI=1S/C22H35N5O/c1-23-21(26-15-13-25(14-16-26)20-7-3-2-4-8-20)24-19-22(9-17-28-18-10-22)27-11-5-6-12-27/h2-4,7-8H,5-6,9-19H2,1H3,(H,23,24). The highest BCUT2D eigenvalue weighted by Gasteiger charge is 2.40. The molecule has 0 radical (unpaired) electrons. The van der Waals surface area contributed by atoms with Gasteiger partial charge in [0.1, 0.15) is 0 Å². The van der Waals surface area contributed by atoms with Crippen molar-refractivity contribution >= 4 is 11.6 Å². The van der Waals surface area contributed by atoms with Gasteiger partial charge in [-0.15, -0.1) is 0 Å².